The number of benzene rings is 3. The molecular weight excluding hydrogens is 416 g/mol. The van der Waals surface area contributed by atoms with Crippen molar-refractivity contribution < 1.29 is 19.1 Å². The number of aryl methyl sites for hydroxylation is 2. The fourth-order valence-corrected chi connectivity index (χ4v) is 3.96. The number of para-hydroxylation sites is 1. The highest BCUT2D eigenvalue weighted by molar-refractivity contribution is 6.46. The lowest BCUT2D eigenvalue weighted by Gasteiger charge is -2.22. The van der Waals surface area contributed by atoms with Crippen LogP contribution in [0.1, 0.15) is 16.7 Å². The van der Waals surface area contributed by atoms with Crippen molar-refractivity contribution in [1.29, 1.82) is 0 Å². The molecule has 3 aromatic rings. The zero-order valence-electron chi connectivity index (χ0n) is 19.4. The number of imide groups is 1. The first kappa shape index (κ1) is 22.1. The molecule has 0 aliphatic carbocycles. The largest absolute Gasteiger partial charge is 0.497 e. The van der Waals surface area contributed by atoms with Crippen LogP contribution < -0.4 is 19.3 Å². The van der Waals surface area contributed by atoms with E-state index in [2.05, 4.69) is 0 Å². The van der Waals surface area contributed by atoms with Gasteiger partial charge in [0.2, 0.25) is 0 Å². The molecule has 0 saturated carbocycles. The molecule has 0 aromatic heterocycles. The van der Waals surface area contributed by atoms with Crippen molar-refractivity contribution in [3.8, 4) is 11.5 Å². The van der Waals surface area contributed by atoms with Crippen molar-refractivity contribution in [2.45, 2.75) is 13.8 Å². The smallest absolute Gasteiger partial charge is 0.282 e. The molecule has 0 saturated heterocycles. The second-order valence-corrected chi connectivity index (χ2v) is 7.90. The van der Waals surface area contributed by atoms with E-state index in [0.29, 0.717) is 34.0 Å². The number of carbonyl (C=O) groups excluding carboxylic acids is 2. The van der Waals surface area contributed by atoms with Crippen LogP contribution in [0.2, 0.25) is 0 Å². The number of nitrogens with zero attached hydrogens (tertiary/aromatic N) is 2. The predicted molar refractivity (Wildman–Crippen MR) is 130 cm³/mol. The summed E-state index contributed by atoms with van der Waals surface area (Å²) in [6.45, 7) is 4.00. The summed E-state index contributed by atoms with van der Waals surface area (Å²) in [6.07, 6.45) is 0. The topological polar surface area (TPSA) is 59.1 Å². The predicted octanol–water partition coefficient (Wildman–Crippen LogP) is 4.74. The van der Waals surface area contributed by atoms with Gasteiger partial charge in [0.05, 0.1) is 25.5 Å². The summed E-state index contributed by atoms with van der Waals surface area (Å²) in [4.78, 5) is 30.6. The molecule has 0 spiro atoms. The lowest BCUT2D eigenvalue weighted by molar-refractivity contribution is -0.120. The van der Waals surface area contributed by atoms with E-state index in [1.807, 2.05) is 62.4 Å². The summed E-state index contributed by atoms with van der Waals surface area (Å²) in [7, 11) is 4.83. The van der Waals surface area contributed by atoms with Crippen LogP contribution in [0, 0.1) is 13.8 Å². The Hall–Kier alpha value is -4.06. The Labute approximate surface area is 193 Å². The number of hydrogen-bond acceptors (Lipinski definition) is 5. The first-order valence-electron chi connectivity index (χ1n) is 10.6. The highest BCUT2D eigenvalue weighted by atomic mass is 16.5. The van der Waals surface area contributed by atoms with Gasteiger partial charge in [0.1, 0.15) is 17.2 Å². The molecule has 1 aliphatic rings. The maximum absolute atomic E-state index is 13.9. The molecule has 33 heavy (non-hydrogen) atoms. The molecule has 0 unspecified atom stereocenters. The van der Waals surface area contributed by atoms with Gasteiger partial charge >= 0.3 is 0 Å². The van der Waals surface area contributed by atoms with Crippen molar-refractivity contribution in [2.75, 3.05) is 31.1 Å². The summed E-state index contributed by atoms with van der Waals surface area (Å²) in [6, 6.07) is 20.3. The van der Waals surface area contributed by atoms with E-state index in [1.54, 1.807) is 30.1 Å². The molecule has 1 aliphatic heterocycles. The van der Waals surface area contributed by atoms with Gasteiger partial charge in [0, 0.05) is 18.8 Å². The molecule has 1 heterocycles. The van der Waals surface area contributed by atoms with Crippen LogP contribution in [0.5, 0.6) is 11.5 Å². The fraction of sp³-hybridized carbons (Fsp3) is 0.185. The Morgan fingerprint density at radius 2 is 1.52 bits per heavy atom. The van der Waals surface area contributed by atoms with Crippen LogP contribution in [0.4, 0.5) is 11.4 Å². The van der Waals surface area contributed by atoms with E-state index < -0.39 is 11.8 Å². The van der Waals surface area contributed by atoms with Crippen LogP contribution in [0.3, 0.4) is 0 Å². The highest BCUT2D eigenvalue weighted by Crippen LogP contribution is 2.41. The Kier molecular flexibility index (Phi) is 5.92. The van der Waals surface area contributed by atoms with E-state index in [4.69, 9.17) is 9.47 Å². The number of carbonyl (C=O) groups is 2. The SMILES string of the molecule is COc1ccc(OC)c(N2C(=O)C(c3ccc(C)c(C)c3)=C(N(C)c3ccccc3)C2=O)c1. The second-order valence-electron chi connectivity index (χ2n) is 7.90. The number of likely N-dealkylation sites (N-methyl/N-ethyl adjacent to an activating group) is 1. The van der Waals surface area contributed by atoms with E-state index in [1.165, 1.54) is 19.1 Å². The quantitative estimate of drug-likeness (QED) is 0.516. The van der Waals surface area contributed by atoms with Crippen LogP contribution in [0.15, 0.2) is 72.4 Å². The molecule has 6 nitrogen and oxygen atoms in total. The van der Waals surface area contributed by atoms with Crippen molar-refractivity contribution in [2.24, 2.45) is 0 Å². The fourth-order valence-electron chi connectivity index (χ4n) is 3.96. The summed E-state index contributed by atoms with van der Waals surface area (Å²) in [5.41, 5.74) is 4.64. The Bertz CT molecular complexity index is 1260. The number of hydrogen-bond donors (Lipinski definition) is 0. The molecule has 6 heteroatoms. The van der Waals surface area contributed by atoms with Crippen molar-refractivity contribution >= 4 is 28.8 Å². The Balaban J connectivity index is 1.93. The normalized spacial score (nSPS) is 13.5. The van der Waals surface area contributed by atoms with Gasteiger partial charge in [-0.05, 0) is 54.8 Å². The number of rotatable bonds is 6. The summed E-state index contributed by atoms with van der Waals surface area (Å²) >= 11 is 0. The van der Waals surface area contributed by atoms with Gasteiger partial charge < -0.3 is 14.4 Å². The monoisotopic (exact) mass is 442 g/mol. The molecule has 168 valence electrons. The van der Waals surface area contributed by atoms with E-state index in [9.17, 15) is 9.59 Å². The van der Waals surface area contributed by atoms with Crippen LogP contribution >= 0.6 is 0 Å². The average molecular weight is 443 g/mol. The van der Waals surface area contributed by atoms with Gasteiger partial charge in [0.15, 0.2) is 0 Å². The van der Waals surface area contributed by atoms with Gasteiger partial charge in [0.25, 0.3) is 11.8 Å². The minimum Gasteiger partial charge on any atom is -0.497 e. The van der Waals surface area contributed by atoms with E-state index >= 15 is 0 Å². The third-order valence-electron chi connectivity index (χ3n) is 5.96. The molecule has 0 radical (unpaired) electrons. The van der Waals surface area contributed by atoms with Gasteiger partial charge in [-0.25, -0.2) is 4.90 Å². The lowest BCUT2D eigenvalue weighted by Crippen LogP contribution is -2.34. The van der Waals surface area contributed by atoms with E-state index in [0.717, 1.165) is 16.8 Å². The minimum atomic E-state index is -0.425. The lowest BCUT2D eigenvalue weighted by atomic mass is 9.99. The molecular formula is C27H26N2O4. The minimum absolute atomic E-state index is 0.305. The van der Waals surface area contributed by atoms with Gasteiger partial charge in [-0.1, -0.05) is 36.4 Å². The molecule has 4 rings (SSSR count). The van der Waals surface area contributed by atoms with Crippen molar-refractivity contribution in [1.82, 2.24) is 0 Å². The van der Waals surface area contributed by atoms with Gasteiger partial charge in [-0.3, -0.25) is 9.59 Å². The number of methoxy groups -OCH3 is 2. The average Bonchev–Trinajstić information content (AvgIpc) is 3.10. The van der Waals surface area contributed by atoms with Crippen LogP contribution in [-0.2, 0) is 9.59 Å². The summed E-state index contributed by atoms with van der Waals surface area (Å²) in [5, 5.41) is 0. The molecule has 0 fully saturated rings. The number of ether oxygens (including phenoxy) is 2. The first-order chi connectivity index (χ1) is 15.9. The number of amides is 2. The molecule has 2 amide bonds. The summed E-state index contributed by atoms with van der Waals surface area (Å²) in [5.74, 6) is 0.0864. The van der Waals surface area contributed by atoms with Gasteiger partial charge in [-0.2, -0.15) is 0 Å². The Morgan fingerprint density at radius 1 is 0.788 bits per heavy atom. The second kappa shape index (κ2) is 8.82. The number of anilines is 2. The maximum atomic E-state index is 13.9. The standard InChI is InChI=1S/C27H26N2O4/c1-17-11-12-19(15-18(17)2)24-25(28(3)20-9-7-6-8-10-20)27(31)29(26(24)30)22-16-21(32-4)13-14-23(22)33-5/h6-16H,1-5H3. The molecule has 0 N–H and O–H groups in total. The molecule has 3 aromatic carbocycles. The zero-order chi connectivity index (χ0) is 23.7. The van der Waals surface area contributed by atoms with Gasteiger partial charge in [-0.15, -0.1) is 0 Å². The maximum Gasteiger partial charge on any atom is 0.282 e. The van der Waals surface area contributed by atoms with Crippen LogP contribution in [0.25, 0.3) is 5.57 Å². The third-order valence-corrected chi connectivity index (χ3v) is 5.96. The zero-order valence-corrected chi connectivity index (χ0v) is 19.4. The molecule has 0 atom stereocenters. The summed E-state index contributed by atoms with van der Waals surface area (Å²) < 4.78 is 10.8. The van der Waals surface area contributed by atoms with Crippen molar-refractivity contribution in [3.05, 3.63) is 89.1 Å². The van der Waals surface area contributed by atoms with Crippen LogP contribution in [-0.4, -0.2) is 33.1 Å². The Morgan fingerprint density at radius 3 is 2.15 bits per heavy atom. The van der Waals surface area contributed by atoms with Crippen molar-refractivity contribution in [3.63, 3.8) is 0 Å². The highest BCUT2D eigenvalue weighted by Gasteiger charge is 2.43. The third kappa shape index (κ3) is 3.84. The molecule has 0 bridgehead atoms. The van der Waals surface area contributed by atoms with E-state index in [-0.39, 0.29) is 0 Å². The first-order valence-corrected chi connectivity index (χ1v) is 10.6.